The van der Waals surface area contributed by atoms with Crippen LogP contribution in [0.2, 0.25) is 0 Å². The Balaban J connectivity index is 1.67. The minimum absolute atomic E-state index is 0.113. The third kappa shape index (κ3) is 7.27. The van der Waals surface area contributed by atoms with Crippen LogP contribution in [0.1, 0.15) is 11.1 Å². The summed E-state index contributed by atoms with van der Waals surface area (Å²) >= 11 is 0. The second-order valence-corrected chi connectivity index (χ2v) is 8.68. The summed E-state index contributed by atoms with van der Waals surface area (Å²) in [6.07, 6.45) is 3.26. The van der Waals surface area contributed by atoms with Gasteiger partial charge in [0.2, 0.25) is 5.91 Å². The van der Waals surface area contributed by atoms with Crippen LogP contribution in [0, 0.1) is 5.82 Å². The van der Waals surface area contributed by atoms with Crippen molar-refractivity contribution in [2.75, 3.05) is 20.3 Å². The van der Waals surface area contributed by atoms with E-state index >= 15 is 0 Å². The zero-order chi connectivity index (χ0) is 23.7. The first kappa shape index (κ1) is 24.2. The van der Waals surface area contributed by atoms with Gasteiger partial charge in [-0.2, -0.15) is 8.42 Å². The first-order valence-corrected chi connectivity index (χ1v) is 11.6. The molecule has 0 spiro atoms. The molecule has 8 heteroatoms. The Morgan fingerprint density at radius 3 is 2.27 bits per heavy atom. The number of carbonyl (C=O) groups is 1. The van der Waals surface area contributed by atoms with Crippen molar-refractivity contribution >= 4 is 22.1 Å². The summed E-state index contributed by atoms with van der Waals surface area (Å²) in [4.78, 5) is 14.2. The van der Waals surface area contributed by atoms with Crippen LogP contribution in [0.4, 0.5) is 4.39 Å². The summed E-state index contributed by atoms with van der Waals surface area (Å²) in [7, 11) is -2.52. The minimum Gasteiger partial charge on any atom is -0.383 e. The smallest absolute Gasteiger partial charge is 0.339 e. The Hall–Kier alpha value is -3.49. The number of nitrogens with zero attached hydrogens (tertiary/aromatic N) is 1. The van der Waals surface area contributed by atoms with Gasteiger partial charge in [-0.15, -0.1) is 0 Å². The van der Waals surface area contributed by atoms with Crippen molar-refractivity contribution in [1.82, 2.24) is 4.90 Å². The van der Waals surface area contributed by atoms with Gasteiger partial charge in [0.1, 0.15) is 16.5 Å². The van der Waals surface area contributed by atoms with Gasteiger partial charge in [-0.05, 0) is 53.6 Å². The molecule has 1 amide bonds. The predicted molar refractivity (Wildman–Crippen MR) is 123 cm³/mol. The highest BCUT2D eigenvalue weighted by Gasteiger charge is 2.17. The van der Waals surface area contributed by atoms with Crippen molar-refractivity contribution in [3.63, 3.8) is 0 Å². The van der Waals surface area contributed by atoms with Gasteiger partial charge < -0.3 is 13.8 Å². The van der Waals surface area contributed by atoms with Crippen LogP contribution in [-0.4, -0.2) is 39.5 Å². The monoisotopic (exact) mass is 469 g/mol. The molecule has 0 atom stereocenters. The molecule has 6 nitrogen and oxygen atoms in total. The van der Waals surface area contributed by atoms with Gasteiger partial charge >= 0.3 is 10.1 Å². The minimum atomic E-state index is -4.08. The van der Waals surface area contributed by atoms with Crippen LogP contribution < -0.4 is 4.18 Å². The van der Waals surface area contributed by atoms with E-state index in [1.54, 1.807) is 30.2 Å². The van der Waals surface area contributed by atoms with E-state index in [1.165, 1.54) is 18.2 Å². The number of rotatable bonds is 10. The average Bonchev–Trinajstić information content (AvgIpc) is 2.82. The lowest BCUT2D eigenvalue weighted by atomic mass is 10.2. The van der Waals surface area contributed by atoms with E-state index in [2.05, 4.69) is 0 Å². The Kier molecular flexibility index (Phi) is 8.34. The van der Waals surface area contributed by atoms with Crippen molar-refractivity contribution in [3.05, 3.63) is 102 Å². The number of hydrogen-bond donors (Lipinski definition) is 0. The van der Waals surface area contributed by atoms with Crippen LogP contribution in [0.3, 0.4) is 0 Å². The highest BCUT2D eigenvalue weighted by molar-refractivity contribution is 7.87. The zero-order valence-corrected chi connectivity index (χ0v) is 18.9. The van der Waals surface area contributed by atoms with Crippen LogP contribution in [-0.2, 0) is 26.2 Å². The summed E-state index contributed by atoms with van der Waals surface area (Å²) in [6, 6.07) is 20.3. The largest absolute Gasteiger partial charge is 0.383 e. The second kappa shape index (κ2) is 11.4. The van der Waals surface area contributed by atoms with Gasteiger partial charge in [0, 0.05) is 26.3 Å². The molecule has 3 aromatic rings. The summed E-state index contributed by atoms with van der Waals surface area (Å²) in [6.45, 7) is 1.08. The SMILES string of the molecule is COCCN(Cc1ccc(OS(=O)(=O)c2ccc(F)cc2)cc1)C(=O)/C=C/c1ccccc1. The molecular formula is C25H24FNO5S. The third-order valence-corrected chi connectivity index (χ3v) is 5.96. The number of amides is 1. The molecule has 0 saturated carbocycles. The van der Waals surface area contributed by atoms with E-state index in [1.807, 2.05) is 30.3 Å². The topological polar surface area (TPSA) is 72.9 Å². The van der Waals surface area contributed by atoms with Crippen molar-refractivity contribution < 1.29 is 26.5 Å². The molecule has 3 rings (SSSR count). The molecule has 0 aromatic heterocycles. The average molecular weight is 470 g/mol. The normalized spacial score (nSPS) is 11.5. The lowest BCUT2D eigenvalue weighted by Crippen LogP contribution is -2.32. The highest BCUT2D eigenvalue weighted by atomic mass is 32.2. The fourth-order valence-corrected chi connectivity index (χ4v) is 3.88. The summed E-state index contributed by atoms with van der Waals surface area (Å²) in [5.74, 6) is -0.596. The summed E-state index contributed by atoms with van der Waals surface area (Å²) < 4.78 is 48.0. The third-order valence-electron chi connectivity index (χ3n) is 4.70. The quantitative estimate of drug-likeness (QED) is 0.327. The van der Waals surface area contributed by atoms with Crippen LogP contribution in [0.15, 0.2) is 89.8 Å². The van der Waals surface area contributed by atoms with E-state index in [4.69, 9.17) is 8.92 Å². The van der Waals surface area contributed by atoms with Crippen molar-refractivity contribution in [2.24, 2.45) is 0 Å². The molecule has 0 heterocycles. The molecule has 33 heavy (non-hydrogen) atoms. The van der Waals surface area contributed by atoms with E-state index in [-0.39, 0.29) is 16.6 Å². The molecule has 0 aliphatic heterocycles. The molecule has 0 aliphatic rings. The maximum absolute atomic E-state index is 13.0. The van der Waals surface area contributed by atoms with Gasteiger partial charge in [0.15, 0.2) is 0 Å². The molecule has 0 bridgehead atoms. The van der Waals surface area contributed by atoms with Gasteiger partial charge in [-0.1, -0.05) is 42.5 Å². The van der Waals surface area contributed by atoms with Crippen molar-refractivity contribution in [1.29, 1.82) is 0 Å². The zero-order valence-electron chi connectivity index (χ0n) is 18.1. The fraction of sp³-hybridized carbons (Fsp3) is 0.160. The molecule has 0 aliphatic carbocycles. The molecule has 172 valence electrons. The fourth-order valence-electron chi connectivity index (χ4n) is 2.95. The van der Waals surface area contributed by atoms with E-state index in [0.717, 1.165) is 35.4 Å². The maximum atomic E-state index is 13.0. The first-order chi connectivity index (χ1) is 15.9. The summed E-state index contributed by atoms with van der Waals surface area (Å²) in [5.41, 5.74) is 1.71. The first-order valence-electron chi connectivity index (χ1n) is 10.2. The molecule has 0 N–H and O–H groups in total. The number of benzene rings is 3. The van der Waals surface area contributed by atoms with Crippen molar-refractivity contribution in [3.8, 4) is 5.75 Å². The number of hydrogen-bond acceptors (Lipinski definition) is 5. The number of carbonyl (C=O) groups excluding carboxylic acids is 1. The van der Waals surface area contributed by atoms with Crippen molar-refractivity contribution in [2.45, 2.75) is 11.4 Å². The number of ether oxygens (including phenoxy) is 1. The second-order valence-electron chi connectivity index (χ2n) is 7.13. The van der Waals surface area contributed by atoms with Gasteiger partial charge in [0.05, 0.1) is 6.61 Å². The Morgan fingerprint density at radius 2 is 1.64 bits per heavy atom. The molecular weight excluding hydrogens is 445 g/mol. The maximum Gasteiger partial charge on any atom is 0.339 e. The summed E-state index contributed by atoms with van der Waals surface area (Å²) in [5, 5.41) is 0. The lowest BCUT2D eigenvalue weighted by Gasteiger charge is -2.21. The Morgan fingerprint density at radius 1 is 0.970 bits per heavy atom. The van der Waals surface area contributed by atoms with E-state index < -0.39 is 15.9 Å². The number of halogens is 1. The molecule has 0 saturated heterocycles. The molecule has 3 aromatic carbocycles. The van der Waals surface area contributed by atoms with E-state index in [0.29, 0.717) is 19.7 Å². The van der Waals surface area contributed by atoms with Gasteiger partial charge in [-0.3, -0.25) is 4.79 Å². The molecule has 0 fully saturated rings. The van der Waals surface area contributed by atoms with Crippen LogP contribution in [0.25, 0.3) is 6.08 Å². The Bertz CT molecular complexity index is 1180. The predicted octanol–water partition coefficient (Wildman–Crippen LogP) is 4.28. The van der Waals surface area contributed by atoms with Crippen LogP contribution >= 0.6 is 0 Å². The van der Waals surface area contributed by atoms with Crippen LogP contribution in [0.5, 0.6) is 5.75 Å². The Labute approximate surface area is 193 Å². The standard InChI is InChI=1S/C25H24FNO5S/c1-31-18-17-27(25(28)16-9-20-5-3-2-4-6-20)19-21-7-12-23(13-8-21)32-33(29,30)24-14-10-22(26)11-15-24/h2-16H,17-19H2,1H3/b16-9+. The highest BCUT2D eigenvalue weighted by Crippen LogP contribution is 2.20. The molecule has 0 radical (unpaired) electrons. The van der Waals surface area contributed by atoms with E-state index in [9.17, 15) is 17.6 Å². The lowest BCUT2D eigenvalue weighted by molar-refractivity contribution is -0.127. The van der Waals surface area contributed by atoms with Gasteiger partial charge in [-0.25, -0.2) is 4.39 Å². The molecule has 0 unspecified atom stereocenters. The number of methoxy groups -OCH3 is 1. The van der Waals surface area contributed by atoms with Gasteiger partial charge in [0.25, 0.3) is 0 Å².